The Kier molecular flexibility index (Phi) is 6.97. The zero-order valence-electron chi connectivity index (χ0n) is 16.5. The fraction of sp³-hybridized carbons (Fsp3) is 0.316. The number of amides is 1. The van der Waals surface area contributed by atoms with E-state index in [9.17, 15) is 21.6 Å². The number of nitrogens with zero attached hydrogens (tertiary/aromatic N) is 1. The van der Waals surface area contributed by atoms with Crippen molar-refractivity contribution in [1.29, 1.82) is 0 Å². The van der Waals surface area contributed by atoms with Gasteiger partial charge in [0.2, 0.25) is 15.9 Å². The Balaban J connectivity index is 2.18. The summed E-state index contributed by atoms with van der Waals surface area (Å²) < 4.78 is 48.6. The topological polar surface area (TPSA) is 101 Å². The van der Waals surface area contributed by atoms with E-state index in [2.05, 4.69) is 5.32 Å². The van der Waals surface area contributed by atoms with Crippen LogP contribution in [-0.2, 0) is 24.7 Å². The number of rotatable bonds is 7. The van der Waals surface area contributed by atoms with Crippen LogP contribution in [0.1, 0.15) is 24.1 Å². The maximum atomic E-state index is 12.5. The molecule has 2 rings (SSSR count). The monoisotopic (exact) mass is 458 g/mol. The summed E-state index contributed by atoms with van der Waals surface area (Å²) in [6.45, 7) is 3.04. The maximum Gasteiger partial charge on any atom is 0.241 e. The number of hydrogen-bond donors (Lipinski definition) is 1. The lowest BCUT2D eigenvalue weighted by atomic mass is 10.1. The highest BCUT2D eigenvalue weighted by atomic mass is 35.5. The predicted octanol–water partition coefficient (Wildman–Crippen LogP) is 2.70. The Labute approximate surface area is 176 Å². The second kappa shape index (κ2) is 8.73. The minimum Gasteiger partial charge on any atom is -0.348 e. The molecule has 0 fully saturated rings. The van der Waals surface area contributed by atoms with E-state index in [0.29, 0.717) is 21.8 Å². The van der Waals surface area contributed by atoms with Gasteiger partial charge in [0.05, 0.1) is 22.9 Å². The van der Waals surface area contributed by atoms with Gasteiger partial charge in [-0.15, -0.1) is 0 Å². The lowest BCUT2D eigenvalue weighted by molar-refractivity contribution is -0.120. The number of benzene rings is 2. The zero-order chi connectivity index (χ0) is 22.0. The number of sulfone groups is 1. The maximum absolute atomic E-state index is 12.5. The lowest BCUT2D eigenvalue weighted by Gasteiger charge is -2.25. The normalized spacial score (nSPS) is 13.0. The van der Waals surface area contributed by atoms with Crippen molar-refractivity contribution >= 4 is 43.1 Å². The number of halogens is 1. The second-order valence-corrected chi connectivity index (χ2v) is 11.2. The van der Waals surface area contributed by atoms with Gasteiger partial charge in [-0.1, -0.05) is 23.7 Å². The molecular weight excluding hydrogens is 436 g/mol. The molecule has 10 heteroatoms. The molecule has 158 valence electrons. The largest absolute Gasteiger partial charge is 0.348 e. The molecule has 0 saturated carbocycles. The highest BCUT2D eigenvalue weighted by Crippen LogP contribution is 2.25. The molecule has 2 aromatic rings. The van der Waals surface area contributed by atoms with Gasteiger partial charge < -0.3 is 5.32 Å². The average molecular weight is 459 g/mol. The molecule has 0 unspecified atom stereocenters. The van der Waals surface area contributed by atoms with Crippen LogP contribution in [-0.4, -0.2) is 41.8 Å². The number of nitrogens with one attached hydrogen (secondary N) is 1. The summed E-state index contributed by atoms with van der Waals surface area (Å²) in [6.07, 6.45) is 2.15. The molecule has 0 heterocycles. The van der Waals surface area contributed by atoms with Crippen LogP contribution >= 0.6 is 11.6 Å². The van der Waals surface area contributed by atoms with Crippen molar-refractivity contribution in [2.75, 3.05) is 23.4 Å². The first-order valence-electron chi connectivity index (χ1n) is 8.62. The van der Waals surface area contributed by atoms with Crippen molar-refractivity contribution in [3.63, 3.8) is 0 Å². The second-order valence-electron chi connectivity index (χ2n) is 6.83. The Morgan fingerprint density at radius 2 is 1.66 bits per heavy atom. The summed E-state index contributed by atoms with van der Waals surface area (Å²) in [5.74, 6) is -0.496. The standard InChI is InChI=1S/C19H23ClN2O5S2/c1-13-11-16(20)7-10-18(13)22(29(4,26)27)12-19(23)21-14(2)15-5-8-17(9-6-15)28(3,24)25/h5-11,14H,12H2,1-4H3,(H,21,23)/t14-/m1/s1. The highest BCUT2D eigenvalue weighted by molar-refractivity contribution is 7.92. The minimum atomic E-state index is -3.71. The molecule has 29 heavy (non-hydrogen) atoms. The van der Waals surface area contributed by atoms with Crippen molar-refractivity contribution in [2.24, 2.45) is 0 Å². The van der Waals surface area contributed by atoms with Gasteiger partial charge in [-0.05, 0) is 55.3 Å². The summed E-state index contributed by atoms with van der Waals surface area (Å²) in [4.78, 5) is 12.7. The van der Waals surface area contributed by atoms with Crippen LogP contribution < -0.4 is 9.62 Å². The van der Waals surface area contributed by atoms with Crippen LogP contribution in [0, 0.1) is 6.92 Å². The van der Waals surface area contributed by atoms with E-state index in [1.54, 1.807) is 44.2 Å². The molecule has 1 atom stereocenters. The first-order chi connectivity index (χ1) is 13.3. The molecule has 0 bridgehead atoms. The predicted molar refractivity (Wildman–Crippen MR) is 114 cm³/mol. The summed E-state index contributed by atoms with van der Waals surface area (Å²) >= 11 is 5.93. The van der Waals surface area contributed by atoms with Gasteiger partial charge in [0.25, 0.3) is 0 Å². The van der Waals surface area contributed by atoms with Crippen LogP contribution in [0.2, 0.25) is 5.02 Å². The van der Waals surface area contributed by atoms with E-state index in [1.165, 1.54) is 12.1 Å². The average Bonchev–Trinajstić information content (AvgIpc) is 2.58. The number of carbonyl (C=O) groups is 1. The van der Waals surface area contributed by atoms with E-state index in [4.69, 9.17) is 11.6 Å². The molecule has 1 amide bonds. The summed E-state index contributed by atoms with van der Waals surface area (Å²) in [7, 11) is -7.02. The summed E-state index contributed by atoms with van der Waals surface area (Å²) in [6, 6.07) is 10.5. The summed E-state index contributed by atoms with van der Waals surface area (Å²) in [5.41, 5.74) is 1.69. The van der Waals surface area contributed by atoms with Crippen LogP contribution in [0.4, 0.5) is 5.69 Å². The molecule has 0 aliphatic heterocycles. The number of carbonyl (C=O) groups excluding carboxylic acids is 1. The number of aryl methyl sites for hydroxylation is 1. The summed E-state index contributed by atoms with van der Waals surface area (Å²) in [5, 5.41) is 3.20. The third kappa shape index (κ3) is 6.19. The van der Waals surface area contributed by atoms with Crippen molar-refractivity contribution in [1.82, 2.24) is 5.32 Å². The Hall–Kier alpha value is -2.10. The van der Waals surface area contributed by atoms with Crippen LogP contribution in [0.5, 0.6) is 0 Å². The van der Waals surface area contributed by atoms with Crippen molar-refractivity contribution in [2.45, 2.75) is 24.8 Å². The molecule has 0 radical (unpaired) electrons. The van der Waals surface area contributed by atoms with E-state index in [0.717, 1.165) is 16.8 Å². The molecule has 0 aliphatic rings. The molecule has 0 aliphatic carbocycles. The quantitative estimate of drug-likeness (QED) is 0.687. The number of anilines is 1. The Morgan fingerprint density at radius 1 is 1.07 bits per heavy atom. The van der Waals surface area contributed by atoms with Gasteiger partial charge in [-0.25, -0.2) is 16.8 Å². The SMILES string of the molecule is Cc1cc(Cl)ccc1N(CC(=O)N[C@H](C)c1ccc(S(C)(=O)=O)cc1)S(C)(=O)=O. The fourth-order valence-electron chi connectivity index (χ4n) is 2.78. The van der Waals surface area contributed by atoms with E-state index in [1.807, 2.05) is 0 Å². The molecule has 0 spiro atoms. The first-order valence-corrected chi connectivity index (χ1v) is 12.7. The van der Waals surface area contributed by atoms with Gasteiger partial charge in [-0.2, -0.15) is 0 Å². The number of hydrogen-bond acceptors (Lipinski definition) is 5. The molecule has 0 saturated heterocycles. The molecular formula is C19H23ClN2O5S2. The molecule has 2 aromatic carbocycles. The Morgan fingerprint density at radius 3 is 2.14 bits per heavy atom. The molecule has 1 N–H and O–H groups in total. The molecule has 7 nitrogen and oxygen atoms in total. The van der Waals surface area contributed by atoms with E-state index >= 15 is 0 Å². The van der Waals surface area contributed by atoms with Gasteiger partial charge in [0.1, 0.15) is 6.54 Å². The molecule has 0 aromatic heterocycles. The smallest absolute Gasteiger partial charge is 0.241 e. The van der Waals surface area contributed by atoms with Gasteiger partial charge in [0.15, 0.2) is 9.84 Å². The van der Waals surface area contributed by atoms with Crippen molar-refractivity contribution in [3.05, 3.63) is 58.6 Å². The van der Waals surface area contributed by atoms with E-state index < -0.39 is 38.4 Å². The van der Waals surface area contributed by atoms with Crippen LogP contribution in [0.15, 0.2) is 47.4 Å². The number of sulfonamides is 1. The van der Waals surface area contributed by atoms with Crippen LogP contribution in [0.25, 0.3) is 0 Å². The first kappa shape index (κ1) is 23.2. The highest BCUT2D eigenvalue weighted by Gasteiger charge is 2.23. The van der Waals surface area contributed by atoms with Crippen molar-refractivity contribution in [3.8, 4) is 0 Å². The minimum absolute atomic E-state index is 0.182. The van der Waals surface area contributed by atoms with Gasteiger partial charge in [0, 0.05) is 11.3 Å². The fourth-order valence-corrected chi connectivity index (χ4v) is 4.56. The lowest BCUT2D eigenvalue weighted by Crippen LogP contribution is -2.41. The Bertz CT molecular complexity index is 1110. The zero-order valence-corrected chi connectivity index (χ0v) is 18.9. The van der Waals surface area contributed by atoms with Gasteiger partial charge in [-0.3, -0.25) is 9.10 Å². The van der Waals surface area contributed by atoms with Crippen LogP contribution in [0.3, 0.4) is 0 Å². The third-order valence-electron chi connectivity index (χ3n) is 4.30. The third-order valence-corrected chi connectivity index (χ3v) is 6.79. The van der Waals surface area contributed by atoms with Crippen molar-refractivity contribution < 1.29 is 21.6 Å². The van der Waals surface area contributed by atoms with E-state index in [-0.39, 0.29) is 4.90 Å². The van der Waals surface area contributed by atoms with Gasteiger partial charge >= 0.3 is 0 Å².